The third-order valence-electron chi connectivity index (χ3n) is 2.56. The van der Waals surface area contributed by atoms with E-state index in [1.807, 2.05) is 13.0 Å². The molecule has 0 aromatic heterocycles. The number of benzene rings is 1. The van der Waals surface area contributed by atoms with E-state index in [9.17, 15) is 9.18 Å². The van der Waals surface area contributed by atoms with Crippen molar-refractivity contribution in [3.63, 3.8) is 0 Å². The van der Waals surface area contributed by atoms with Gasteiger partial charge in [0.15, 0.2) is 0 Å². The monoisotopic (exact) mass is 253 g/mol. The molecule has 0 radical (unpaired) electrons. The Morgan fingerprint density at radius 3 is 2.94 bits per heavy atom. The summed E-state index contributed by atoms with van der Waals surface area (Å²) in [5, 5.41) is 3.22. The Kier molecular flexibility index (Phi) is 6.36. The van der Waals surface area contributed by atoms with Gasteiger partial charge in [0.25, 0.3) is 0 Å². The molecule has 1 aromatic carbocycles. The van der Waals surface area contributed by atoms with Crippen molar-refractivity contribution < 1.29 is 13.9 Å². The maximum Gasteiger partial charge on any atom is 0.307 e. The fraction of sp³-hybridized carbons (Fsp3) is 0.500. The average molecular weight is 253 g/mol. The van der Waals surface area contributed by atoms with Gasteiger partial charge in [0, 0.05) is 12.6 Å². The Morgan fingerprint density at radius 1 is 1.50 bits per heavy atom. The van der Waals surface area contributed by atoms with E-state index in [0.29, 0.717) is 19.6 Å². The minimum absolute atomic E-state index is 0.192. The molecule has 100 valence electrons. The van der Waals surface area contributed by atoms with Crippen molar-refractivity contribution in [2.75, 3.05) is 13.2 Å². The smallest absolute Gasteiger partial charge is 0.307 e. The number of nitrogens with one attached hydrogen (secondary N) is 1. The summed E-state index contributed by atoms with van der Waals surface area (Å²) < 4.78 is 17.8. The highest BCUT2D eigenvalue weighted by atomic mass is 19.1. The Morgan fingerprint density at radius 2 is 2.28 bits per heavy atom. The van der Waals surface area contributed by atoms with E-state index in [0.717, 1.165) is 12.0 Å². The lowest BCUT2D eigenvalue weighted by atomic mass is 10.1. The molecule has 0 saturated carbocycles. The predicted octanol–water partition coefficient (Wildman–Crippen LogP) is 2.30. The number of hydrogen-bond acceptors (Lipinski definition) is 3. The third kappa shape index (κ3) is 5.77. The molecule has 0 heterocycles. The highest BCUT2D eigenvalue weighted by Gasteiger charge is 2.06. The zero-order valence-electron chi connectivity index (χ0n) is 10.9. The lowest BCUT2D eigenvalue weighted by molar-refractivity contribution is -0.142. The summed E-state index contributed by atoms with van der Waals surface area (Å²) in [6.45, 7) is 4.79. The first-order valence-electron chi connectivity index (χ1n) is 6.25. The van der Waals surface area contributed by atoms with Crippen molar-refractivity contribution in [2.24, 2.45) is 0 Å². The van der Waals surface area contributed by atoms with Crippen LogP contribution in [0.5, 0.6) is 0 Å². The minimum atomic E-state index is -0.216. The number of ether oxygens (including phenoxy) is 1. The van der Waals surface area contributed by atoms with E-state index in [2.05, 4.69) is 5.32 Å². The maximum absolute atomic E-state index is 13.0. The van der Waals surface area contributed by atoms with Crippen LogP contribution >= 0.6 is 0 Å². The molecule has 1 unspecified atom stereocenters. The summed E-state index contributed by atoms with van der Waals surface area (Å²) >= 11 is 0. The van der Waals surface area contributed by atoms with Gasteiger partial charge in [-0.15, -0.1) is 0 Å². The van der Waals surface area contributed by atoms with Crippen LogP contribution < -0.4 is 5.32 Å². The van der Waals surface area contributed by atoms with Gasteiger partial charge in [-0.05, 0) is 38.0 Å². The first-order chi connectivity index (χ1) is 8.61. The summed E-state index contributed by atoms with van der Waals surface area (Å²) in [4.78, 5) is 11.1. The fourth-order valence-corrected chi connectivity index (χ4v) is 1.74. The molecular formula is C14H20FNO2. The molecule has 0 amide bonds. The van der Waals surface area contributed by atoms with Crippen molar-refractivity contribution in [2.45, 2.75) is 32.7 Å². The third-order valence-corrected chi connectivity index (χ3v) is 2.56. The van der Waals surface area contributed by atoms with Crippen molar-refractivity contribution in [3.05, 3.63) is 35.6 Å². The lowest BCUT2D eigenvalue weighted by Gasteiger charge is -2.13. The largest absolute Gasteiger partial charge is 0.466 e. The normalized spacial score (nSPS) is 12.2. The number of carbonyl (C=O) groups excluding carboxylic acids is 1. The molecule has 0 bridgehead atoms. The summed E-state index contributed by atoms with van der Waals surface area (Å²) in [6.07, 6.45) is 1.10. The first-order valence-corrected chi connectivity index (χ1v) is 6.25. The van der Waals surface area contributed by atoms with Gasteiger partial charge >= 0.3 is 5.97 Å². The van der Waals surface area contributed by atoms with E-state index in [1.165, 1.54) is 12.1 Å². The molecule has 1 rings (SSSR count). The SMILES string of the molecule is CCOC(=O)CCNC(C)Cc1cccc(F)c1. The number of hydrogen-bond donors (Lipinski definition) is 1. The molecule has 4 heteroatoms. The highest BCUT2D eigenvalue weighted by molar-refractivity contribution is 5.69. The van der Waals surface area contributed by atoms with Crippen LogP contribution in [0.25, 0.3) is 0 Å². The van der Waals surface area contributed by atoms with Gasteiger partial charge < -0.3 is 10.1 Å². The Hall–Kier alpha value is -1.42. The fourth-order valence-electron chi connectivity index (χ4n) is 1.74. The first kappa shape index (κ1) is 14.6. The molecule has 18 heavy (non-hydrogen) atoms. The summed E-state index contributed by atoms with van der Waals surface area (Å²) in [5.74, 6) is -0.408. The van der Waals surface area contributed by atoms with Crippen molar-refractivity contribution in [1.29, 1.82) is 0 Å². The van der Waals surface area contributed by atoms with E-state index >= 15 is 0 Å². The quantitative estimate of drug-likeness (QED) is 0.758. The van der Waals surface area contributed by atoms with E-state index < -0.39 is 0 Å². The maximum atomic E-state index is 13.0. The molecule has 0 fully saturated rings. The van der Waals surface area contributed by atoms with Crippen molar-refractivity contribution >= 4 is 5.97 Å². The van der Waals surface area contributed by atoms with E-state index in [1.54, 1.807) is 13.0 Å². The molecular weight excluding hydrogens is 233 g/mol. The molecule has 1 atom stereocenters. The summed E-state index contributed by atoms with van der Waals surface area (Å²) in [6, 6.07) is 6.76. The second-order valence-electron chi connectivity index (χ2n) is 4.24. The van der Waals surface area contributed by atoms with Crippen LogP contribution in [-0.2, 0) is 16.0 Å². The molecule has 0 saturated heterocycles. The topological polar surface area (TPSA) is 38.3 Å². The van der Waals surface area contributed by atoms with Gasteiger partial charge in [0.05, 0.1) is 13.0 Å². The van der Waals surface area contributed by atoms with Crippen molar-refractivity contribution in [1.82, 2.24) is 5.32 Å². The number of halogens is 1. The van der Waals surface area contributed by atoms with Gasteiger partial charge in [0.1, 0.15) is 5.82 Å². The molecule has 0 aliphatic carbocycles. The number of esters is 1. The average Bonchev–Trinajstić information content (AvgIpc) is 2.29. The number of carbonyl (C=O) groups is 1. The van der Waals surface area contributed by atoms with Gasteiger partial charge in [-0.2, -0.15) is 0 Å². The number of rotatable bonds is 7. The molecule has 0 aliphatic heterocycles. The zero-order chi connectivity index (χ0) is 13.4. The van der Waals surface area contributed by atoms with Crippen molar-refractivity contribution in [3.8, 4) is 0 Å². The molecule has 0 aliphatic rings. The Labute approximate surface area is 107 Å². The second-order valence-corrected chi connectivity index (χ2v) is 4.24. The van der Waals surface area contributed by atoms with E-state index in [-0.39, 0.29) is 17.8 Å². The van der Waals surface area contributed by atoms with Crippen LogP contribution in [0.3, 0.4) is 0 Å². The highest BCUT2D eigenvalue weighted by Crippen LogP contribution is 2.06. The molecule has 1 N–H and O–H groups in total. The molecule has 3 nitrogen and oxygen atoms in total. The Bertz CT molecular complexity index is 382. The van der Waals surface area contributed by atoms with Crippen LogP contribution in [0.15, 0.2) is 24.3 Å². The predicted molar refractivity (Wildman–Crippen MR) is 68.8 cm³/mol. The summed E-state index contributed by atoms with van der Waals surface area (Å²) in [7, 11) is 0. The van der Waals surface area contributed by atoms with Crippen LogP contribution in [-0.4, -0.2) is 25.2 Å². The van der Waals surface area contributed by atoms with Crippen LogP contribution in [0.2, 0.25) is 0 Å². The van der Waals surface area contributed by atoms with Crippen LogP contribution in [0.1, 0.15) is 25.8 Å². The molecule has 0 spiro atoms. The van der Waals surface area contributed by atoms with Gasteiger partial charge in [0.2, 0.25) is 0 Å². The minimum Gasteiger partial charge on any atom is -0.466 e. The zero-order valence-corrected chi connectivity index (χ0v) is 10.9. The van der Waals surface area contributed by atoms with Gasteiger partial charge in [-0.25, -0.2) is 4.39 Å². The van der Waals surface area contributed by atoms with Crippen LogP contribution in [0.4, 0.5) is 4.39 Å². The standard InChI is InChI=1S/C14H20FNO2/c1-3-18-14(17)7-8-16-11(2)9-12-5-4-6-13(15)10-12/h4-6,10-11,16H,3,7-9H2,1-2H3. The second kappa shape index (κ2) is 7.82. The van der Waals surface area contributed by atoms with Gasteiger partial charge in [-0.3, -0.25) is 4.79 Å². The lowest BCUT2D eigenvalue weighted by Crippen LogP contribution is -2.30. The Balaban J connectivity index is 2.25. The van der Waals surface area contributed by atoms with Crippen LogP contribution in [0, 0.1) is 5.82 Å². The summed E-state index contributed by atoms with van der Waals surface area (Å²) in [5.41, 5.74) is 0.950. The van der Waals surface area contributed by atoms with Gasteiger partial charge in [-0.1, -0.05) is 12.1 Å². The molecule has 1 aromatic rings. The van der Waals surface area contributed by atoms with E-state index in [4.69, 9.17) is 4.74 Å².